The minimum absolute atomic E-state index is 0.151. The Morgan fingerprint density at radius 1 is 1.24 bits per heavy atom. The molecule has 1 N–H and O–H groups in total. The Hall–Kier alpha value is -1.92. The number of amides is 1. The summed E-state index contributed by atoms with van der Waals surface area (Å²) in [5.41, 5.74) is 1.94. The normalized spacial score (nSPS) is 25.7. The molecule has 136 valence electrons. The third kappa shape index (κ3) is 3.85. The molecule has 1 aromatic rings. The molecule has 0 saturated carbocycles. The molecule has 1 aromatic carbocycles. The van der Waals surface area contributed by atoms with Crippen molar-refractivity contribution in [1.29, 1.82) is 0 Å². The summed E-state index contributed by atoms with van der Waals surface area (Å²) in [4.78, 5) is 16.4. The standard InChI is InChI=1S/C19H26N2O4/c1-12(2)17(16-15-9-10-23-19(15)25-21-16)24-18(13(3)20-11-22)14-7-5-4-6-8-14/h4-8,11-13,15,17-19H,9-10H2,1-3H3,(H,20,22)/t13-,15?,17+,18-,19?/m0/s1. The van der Waals surface area contributed by atoms with Crippen LogP contribution in [0.4, 0.5) is 0 Å². The van der Waals surface area contributed by atoms with Crippen molar-refractivity contribution in [3.63, 3.8) is 0 Å². The number of fused-ring (bicyclic) bond motifs is 1. The van der Waals surface area contributed by atoms with E-state index in [4.69, 9.17) is 14.3 Å². The Morgan fingerprint density at radius 2 is 2.00 bits per heavy atom. The van der Waals surface area contributed by atoms with E-state index < -0.39 is 0 Å². The molecule has 5 atom stereocenters. The summed E-state index contributed by atoms with van der Waals surface area (Å²) in [5.74, 6) is 0.370. The van der Waals surface area contributed by atoms with Gasteiger partial charge in [0.25, 0.3) is 0 Å². The lowest BCUT2D eigenvalue weighted by Gasteiger charge is -2.32. The second kappa shape index (κ2) is 7.97. The molecule has 6 nitrogen and oxygen atoms in total. The lowest BCUT2D eigenvalue weighted by molar-refractivity contribution is -0.111. The monoisotopic (exact) mass is 346 g/mol. The number of ether oxygens (including phenoxy) is 2. The second-order valence-corrected chi connectivity index (χ2v) is 6.96. The largest absolute Gasteiger partial charge is 0.363 e. The van der Waals surface area contributed by atoms with Crippen LogP contribution >= 0.6 is 0 Å². The van der Waals surface area contributed by atoms with Gasteiger partial charge < -0.3 is 19.6 Å². The van der Waals surface area contributed by atoms with Crippen LogP contribution in [0, 0.1) is 11.8 Å². The van der Waals surface area contributed by atoms with E-state index in [9.17, 15) is 4.79 Å². The van der Waals surface area contributed by atoms with Crippen LogP contribution < -0.4 is 5.32 Å². The van der Waals surface area contributed by atoms with E-state index in [0.717, 1.165) is 17.7 Å². The Kier molecular flexibility index (Phi) is 5.71. The second-order valence-electron chi connectivity index (χ2n) is 6.96. The van der Waals surface area contributed by atoms with Crippen LogP contribution in [0.1, 0.15) is 38.9 Å². The molecule has 1 fully saturated rings. The van der Waals surface area contributed by atoms with Gasteiger partial charge in [-0.3, -0.25) is 4.79 Å². The summed E-state index contributed by atoms with van der Waals surface area (Å²) < 4.78 is 12.1. The average molecular weight is 346 g/mol. The number of hydrogen-bond donors (Lipinski definition) is 1. The van der Waals surface area contributed by atoms with E-state index in [0.29, 0.717) is 13.0 Å². The molecule has 1 saturated heterocycles. The van der Waals surface area contributed by atoms with Crippen LogP contribution in [-0.4, -0.2) is 37.2 Å². The van der Waals surface area contributed by atoms with Crippen LogP contribution in [0.3, 0.4) is 0 Å². The molecule has 2 aliphatic rings. The van der Waals surface area contributed by atoms with Crippen molar-refractivity contribution in [2.75, 3.05) is 6.61 Å². The highest BCUT2D eigenvalue weighted by Gasteiger charge is 2.44. The fourth-order valence-electron chi connectivity index (χ4n) is 3.45. The third-order valence-electron chi connectivity index (χ3n) is 4.78. The Morgan fingerprint density at radius 3 is 2.68 bits per heavy atom. The number of carbonyl (C=O) groups excluding carboxylic acids is 1. The first-order valence-electron chi connectivity index (χ1n) is 8.87. The van der Waals surface area contributed by atoms with E-state index in [2.05, 4.69) is 24.3 Å². The molecule has 6 heteroatoms. The molecule has 2 unspecified atom stereocenters. The van der Waals surface area contributed by atoms with Gasteiger partial charge in [0.2, 0.25) is 12.7 Å². The molecule has 0 spiro atoms. The number of rotatable bonds is 8. The van der Waals surface area contributed by atoms with Crippen molar-refractivity contribution in [3.05, 3.63) is 35.9 Å². The zero-order chi connectivity index (χ0) is 17.8. The maximum atomic E-state index is 10.9. The Balaban J connectivity index is 1.83. The van der Waals surface area contributed by atoms with Crippen molar-refractivity contribution >= 4 is 12.1 Å². The summed E-state index contributed by atoms with van der Waals surface area (Å²) in [6, 6.07) is 9.77. The van der Waals surface area contributed by atoms with Gasteiger partial charge in [0, 0.05) is 0 Å². The zero-order valence-corrected chi connectivity index (χ0v) is 14.9. The summed E-state index contributed by atoms with van der Waals surface area (Å²) in [6.07, 6.45) is 0.862. The van der Waals surface area contributed by atoms with Gasteiger partial charge in [0.15, 0.2) is 0 Å². The van der Waals surface area contributed by atoms with Gasteiger partial charge in [0.05, 0.1) is 24.3 Å². The molecular weight excluding hydrogens is 320 g/mol. The summed E-state index contributed by atoms with van der Waals surface area (Å²) >= 11 is 0. The smallest absolute Gasteiger partial charge is 0.235 e. The molecule has 2 heterocycles. The lowest BCUT2D eigenvalue weighted by Crippen LogP contribution is -2.40. The van der Waals surface area contributed by atoms with Crippen molar-refractivity contribution < 1.29 is 19.1 Å². The lowest BCUT2D eigenvalue weighted by atomic mass is 9.90. The third-order valence-corrected chi connectivity index (χ3v) is 4.78. The van der Waals surface area contributed by atoms with Gasteiger partial charge in [-0.1, -0.05) is 49.3 Å². The minimum atomic E-state index is -0.277. The summed E-state index contributed by atoms with van der Waals surface area (Å²) in [5, 5.41) is 7.09. The number of nitrogens with zero attached hydrogens (tertiary/aromatic N) is 1. The number of oxime groups is 1. The van der Waals surface area contributed by atoms with E-state index in [-0.39, 0.29) is 36.4 Å². The van der Waals surface area contributed by atoms with Crippen molar-refractivity contribution in [2.24, 2.45) is 17.0 Å². The molecular formula is C19H26N2O4. The Labute approximate surface area is 148 Å². The molecule has 1 amide bonds. The zero-order valence-electron chi connectivity index (χ0n) is 14.9. The highest BCUT2D eigenvalue weighted by molar-refractivity contribution is 5.92. The first-order chi connectivity index (χ1) is 12.1. The molecule has 3 rings (SSSR count). The Bertz CT molecular complexity index is 605. The molecule has 2 aliphatic heterocycles. The predicted octanol–water partition coefficient (Wildman–Crippen LogP) is 2.65. The maximum absolute atomic E-state index is 10.9. The molecule has 0 aliphatic carbocycles. The minimum Gasteiger partial charge on any atom is -0.363 e. The number of hydrogen-bond acceptors (Lipinski definition) is 5. The number of benzene rings is 1. The average Bonchev–Trinajstić information content (AvgIpc) is 3.20. The van der Waals surface area contributed by atoms with Crippen LogP contribution in [0.5, 0.6) is 0 Å². The van der Waals surface area contributed by atoms with E-state index >= 15 is 0 Å². The van der Waals surface area contributed by atoms with Gasteiger partial charge in [-0.25, -0.2) is 0 Å². The van der Waals surface area contributed by atoms with Gasteiger partial charge in [-0.15, -0.1) is 0 Å². The summed E-state index contributed by atoms with van der Waals surface area (Å²) in [7, 11) is 0. The van der Waals surface area contributed by atoms with Crippen LogP contribution in [0.15, 0.2) is 35.5 Å². The van der Waals surface area contributed by atoms with Crippen molar-refractivity contribution in [3.8, 4) is 0 Å². The first kappa shape index (κ1) is 17.9. The molecule has 0 bridgehead atoms. The van der Waals surface area contributed by atoms with E-state index in [1.165, 1.54) is 0 Å². The van der Waals surface area contributed by atoms with Crippen molar-refractivity contribution in [1.82, 2.24) is 5.32 Å². The van der Waals surface area contributed by atoms with Gasteiger partial charge >= 0.3 is 0 Å². The SMILES string of the molecule is CC(C)[C@@H](O[C@H](c1ccccc1)[C@H](C)NC=O)C1=NOC2OCCC12. The topological polar surface area (TPSA) is 69.2 Å². The number of carbonyl (C=O) groups is 1. The van der Waals surface area contributed by atoms with Gasteiger partial charge in [-0.2, -0.15) is 0 Å². The van der Waals surface area contributed by atoms with E-state index in [1.54, 1.807) is 0 Å². The van der Waals surface area contributed by atoms with E-state index in [1.807, 2.05) is 37.3 Å². The molecule has 25 heavy (non-hydrogen) atoms. The molecule has 0 aromatic heterocycles. The van der Waals surface area contributed by atoms with Crippen LogP contribution in [0.25, 0.3) is 0 Å². The maximum Gasteiger partial charge on any atom is 0.235 e. The highest BCUT2D eigenvalue weighted by Crippen LogP contribution is 2.35. The quantitative estimate of drug-likeness (QED) is 0.735. The fourth-order valence-corrected chi connectivity index (χ4v) is 3.45. The summed E-state index contributed by atoms with van der Waals surface area (Å²) in [6.45, 7) is 6.84. The van der Waals surface area contributed by atoms with Crippen LogP contribution in [0.2, 0.25) is 0 Å². The number of nitrogens with one attached hydrogen (secondary N) is 1. The van der Waals surface area contributed by atoms with Gasteiger partial charge in [0.1, 0.15) is 12.2 Å². The highest BCUT2D eigenvalue weighted by atomic mass is 16.8. The van der Waals surface area contributed by atoms with Crippen LogP contribution in [-0.2, 0) is 19.1 Å². The molecule has 0 radical (unpaired) electrons. The first-order valence-corrected chi connectivity index (χ1v) is 8.87. The van der Waals surface area contributed by atoms with Gasteiger partial charge in [-0.05, 0) is 24.8 Å². The predicted molar refractivity (Wildman–Crippen MR) is 93.9 cm³/mol. The fraction of sp³-hybridized carbons (Fsp3) is 0.579. The van der Waals surface area contributed by atoms with Crippen molar-refractivity contribution in [2.45, 2.75) is 51.7 Å².